The molecule has 28 heavy (non-hydrogen) atoms. The zero-order valence-corrected chi connectivity index (χ0v) is 16.9. The summed E-state index contributed by atoms with van der Waals surface area (Å²) in [5.41, 5.74) is 1.81. The smallest absolute Gasteiger partial charge is 0.236 e. The average molecular weight is 416 g/mol. The second-order valence-electron chi connectivity index (χ2n) is 6.85. The van der Waals surface area contributed by atoms with Crippen molar-refractivity contribution in [3.8, 4) is 11.4 Å². The highest BCUT2D eigenvalue weighted by molar-refractivity contribution is 7.92. The van der Waals surface area contributed by atoms with Crippen molar-refractivity contribution in [3.05, 3.63) is 64.0 Å². The van der Waals surface area contributed by atoms with Gasteiger partial charge in [-0.25, -0.2) is 8.42 Å². The maximum Gasteiger partial charge on any atom is 0.236 e. The molecule has 0 aliphatic carbocycles. The van der Waals surface area contributed by atoms with E-state index in [0.29, 0.717) is 31.2 Å². The Kier molecular flexibility index (Phi) is 5.70. The Morgan fingerprint density at radius 1 is 1.25 bits per heavy atom. The van der Waals surface area contributed by atoms with Gasteiger partial charge in [-0.15, -0.1) is 0 Å². The molecule has 0 radical (unpaired) electrons. The number of piperidine rings is 1. The lowest BCUT2D eigenvalue weighted by Crippen LogP contribution is -2.39. The van der Waals surface area contributed by atoms with Crippen molar-refractivity contribution in [1.29, 1.82) is 0 Å². The lowest BCUT2D eigenvalue weighted by molar-refractivity contribution is 0.248. The minimum absolute atomic E-state index is 0.171. The number of sulfonamides is 1. The third-order valence-electron chi connectivity index (χ3n) is 4.78. The van der Waals surface area contributed by atoms with Crippen molar-refractivity contribution in [2.45, 2.75) is 19.3 Å². The summed E-state index contributed by atoms with van der Waals surface area (Å²) >= 11 is 1.58. The first kappa shape index (κ1) is 19.0. The van der Waals surface area contributed by atoms with Gasteiger partial charge >= 0.3 is 0 Å². The highest BCUT2D eigenvalue weighted by Crippen LogP contribution is 2.25. The van der Waals surface area contributed by atoms with Gasteiger partial charge in [-0.05, 0) is 41.8 Å². The second-order valence-corrected chi connectivity index (χ2v) is 9.45. The van der Waals surface area contributed by atoms with E-state index in [1.807, 2.05) is 47.2 Å². The molecule has 1 aromatic carbocycles. The third-order valence-corrected chi connectivity index (χ3v) is 7.00. The summed E-state index contributed by atoms with van der Waals surface area (Å²) in [5.74, 6) is 1.32. The molecule has 0 saturated carbocycles. The third kappa shape index (κ3) is 4.57. The van der Waals surface area contributed by atoms with Gasteiger partial charge in [0.1, 0.15) is 0 Å². The molecular weight excluding hydrogens is 394 g/mol. The molecule has 3 heterocycles. The van der Waals surface area contributed by atoms with E-state index >= 15 is 0 Å². The number of hydrogen-bond acceptors (Lipinski definition) is 6. The number of nitrogens with zero attached hydrogens (tertiary/aromatic N) is 3. The summed E-state index contributed by atoms with van der Waals surface area (Å²) in [6.45, 7) is 1.01. The zero-order chi connectivity index (χ0) is 19.4. The molecule has 1 aliphatic rings. The molecule has 1 unspecified atom stereocenters. The molecule has 0 N–H and O–H groups in total. The minimum atomic E-state index is -3.45. The second kappa shape index (κ2) is 8.38. The van der Waals surface area contributed by atoms with Crippen LogP contribution in [0.2, 0.25) is 0 Å². The fourth-order valence-electron chi connectivity index (χ4n) is 3.33. The Hall–Kier alpha value is -2.29. The first-order valence-corrected chi connectivity index (χ1v) is 11.6. The van der Waals surface area contributed by atoms with Crippen molar-refractivity contribution in [1.82, 2.24) is 14.4 Å². The van der Waals surface area contributed by atoms with E-state index in [0.717, 1.165) is 24.0 Å². The van der Waals surface area contributed by atoms with Gasteiger partial charge in [-0.2, -0.15) is 20.6 Å². The highest BCUT2D eigenvalue weighted by atomic mass is 32.2. The van der Waals surface area contributed by atoms with Gasteiger partial charge < -0.3 is 4.52 Å². The predicted molar refractivity (Wildman–Crippen MR) is 110 cm³/mol. The molecule has 8 heteroatoms. The molecule has 4 rings (SSSR count). The van der Waals surface area contributed by atoms with Crippen LogP contribution in [0.4, 0.5) is 0 Å². The normalized spacial score (nSPS) is 18.6. The molecule has 0 amide bonds. The lowest BCUT2D eigenvalue weighted by atomic mass is 9.96. The summed E-state index contributed by atoms with van der Waals surface area (Å²) in [6.07, 6.45) is 4.01. The van der Waals surface area contributed by atoms with Crippen molar-refractivity contribution in [2.75, 3.05) is 13.1 Å². The van der Waals surface area contributed by atoms with Crippen molar-refractivity contribution in [3.63, 3.8) is 0 Å². The number of aromatic nitrogens is 2. The standard InChI is InChI=1S/C20H21N3O3S2/c24-28(25,12-9-16-5-2-1-3-6-16)23-10-4-7-17(14-23)13-19-21-20(22-26-19)18-8-11-27-15-18/h1-3,5-6,8-9,11-12,15,17H,4,7,10,13-14H2. The van der Waals surface area contributed by atoms with Crippen LogP contribution in [0.3, 0.4) is 0 Å². The zero-order valence-electron chi connectivity index (χ0n) is 15.3. The molecule has 1 saturated heterocycles. The Morgan fingerprint density at radius 2 is 2.11 bits per heavy atom. The Balaban J connectivity index is 1.40. The van der Waals surface area contributed by atoms with E-state index in [1.54, 1.807) is 21.7 Å². The van der Waals surface area contributed by atoms with E-state index in [9.17, 15) is 8.42 Å². The number of hydrogen-bond donors (Lipinski definition) is 0. The SMILES string of the molecule is O=S(=O)(C=Cc1ccccc1)N1CCCC(Cc2nc(-c3ccsc3)no2)C1. The molecule has 2 aromatic heterocycles. The highest BCUT2D eigenvalue weighted by Gasteiger charge is 2.28. The fourth-order valence-corrected chi connectivity index (χ4v) is 5.27. The Morgan fingerprint density at radius 3 is 2.89 bits per heavy atom. The molecule has 1 fully saturated rings. The molecule has 0 spiro atoms. The van der Waals surface area contributed by atoms with Gasteiger partial charge in [0.25, 0.3) is 0 Å². The summed E-state index contributed by atoms with van der Waals surface area (Å²) < 4.78 is 32.3. The lowest BCUT2D eigenvalue weighted by Gasteiger charge is -2.30. The monoisotopic (exact) mass is 415 g/mol. The van der Waals surface area contributed by atoms with Crippen LogP contribution < -0.4 is 0 Å². The van der Waals surface area contributed by atoms with Crippen LogP contribution in [-0.4, -0.2) is 36.0 Å². The van der Waals surface area contributed by atoms with Gasteiger partial charge in [0.05, 0.1) is 0 Å². The van der Waals surface area contributed by atoms with E-state index in [1.165, 1.54) is 5.41 Å². The topological polar surface area (TPSA) is 76.3 Å². The van der Waals surface area contributed by atoms with Gasteiger partial charge in [-0.3, -0.25) is 0 Å². The van der Waals surface area contributed by atoms with Crippen LogP contribution in [0.1, 0.15) is 24.3 Å². The van der Waals surface area contributed by atoms with Crippen LogP contribution in [0, 0.1) is 5.92 Å². The van der Waals surface area contributed by atoms with Gasteiger partial charge in [-0.1, -0.05) is 35.5 Å². The maximum atomic E-state index is 12.7. The first-order chi connectivity index (χ1) is 13.6. The van der Waals surface area contributed by atoms with Crippen molar-refractivity contribution in [2.24, 2.45) is 5.92 Å². The van der Waals surface area contributed by atoms with E-state index < -0.39 is 10.0 Å². The van der Waals surface area contributed by atoms with Crippen LogP contribution in [-0.2, 0) is 16.4 Å². The van der Waals surface area contributed by atoms with Crippen LogP contribution in [0.15, 0.2) is 57.1 Å². The van der Waals surface area contributed by atoms with Gasteiger partial charge in [0.2, 0.25) is 21.7 Å². The summed E-state index contributed by atoms with van der Waals surface area (Å²) in [5, 5.41) is 9.28. The first-order valence-electron chi connectivity index (χ1n) is 9.18. The molecule has 1 aliphatic heterocycles. The van der Waals surface area contributed by atoms with E-state index in [2.05, 4.69) is 10.1 Å². The summed E-state index contributed by atoms with van der Waals surface area (Å²) in [4.78, 5) is 4.46. The molecule has 1 atom stereocenters. The number of benzene rings is 1. The molecule has 6 nitrogen and oxygen atoms in total. The van der Waals surface area contributed by atoms with Crippen LogP contribution in [0.25, 0.3) is 17.5 Å². The predicted octanol–water partition coefficient (Wildman–Crippen LogP) is 4.05. The van der Waals surface area contributed by atoms with Gasteiger partial charge in [0.15, 0.2) is 0 Å². The van der Waals surface area contributed by atoms with Crippen molar-refractivity contribution < 1.29 is 12.9 Å². The number of rotatable bonds is 6. The van der Waals surface area contributed by atoms with E-state index in [4.69, 9.17) is 4.52 Å². The number of thiophene rings is 1. The molecule has 3 aromatic rings. The quantitative estimate of drug-likeness (QED) is 0.607. The summed E-state index contributed by atoms with van der Waals surface area (Å²) in [6, 6.07) is 11.4. The fraction of sp³-hybridized carbons (Fsp3) is 0.300. The molecule has 146 valence electrons. The molecular formula is C20H21N3O3S2. The van der Waals surface area contributed by atoms with Gasteiger partial charge in [0, 0.05) is 35.9 Å². The Bertz CT molecular complexity index is 1030. The molecule has 0 bridgehead atoms. The van der Waals surface area contributed by atoms with Crippen LogP contribution in [0.5, 0.6) is 0 Å². The van der Waals surface area contributed by atoms with Crippen LogP contribution >= 0.6 is 11.3 Å². The minimum Gasteiger partial charge on any atom is -0.339 e. The van der Waals surface area contributed by atoms with E-state index in [-0.39, 0.29) is 5.92 Å². The largest absolute Gasteiger partial charge is 0.339 e. The van der Waals surface area contributed by atoms with Crippen molar-refractivity contribution >= 4 is 27.4 Å². The summed E-state index contributed by atoms with van der Waals surface area (Å²) in [7, 11) is -3.45. The average Bonchev–Trinajstić information content (AvgIpc) is 3.39. The maximum absolute atomic E-state index is 12.7. The Labute approximate surface area is 168 Å².